The number of Topliss-reactive ketones (excluding diaryl/α,β-unsaturated/α-hetero) is 1. The summed E-state index contributed by atoms with van der Waals surface area (Å²) in [6, 6.07) is 9.07. The average Bonchev–Trinajstić information content (AvgIpc) is 2.36. The van der Waals surface area contributed by atoms with Crippen LogP contribution < -0.4 is 4.74 Å². The van der Waals surface area contributed by atoms with E-state index < -0.39 is 17.4 Å². The summed E-state index contributed by atoms with van der Waals surface area (Å²) < 4.78 is 31.1. The van der Waals surface area contributed by atoms with E-state index in [0.717, 1.165) is 12.1 Å². The topological polar surface area (TPSA) is 26.3 Å². The fourth-order valence-corrected chi connectivity index (χ4v) is 1.60. The Balaban J connectivity index is 2.03. The summed E-state index contributed by atoms with van der Waals surface area (Å²) in [5.41, 5.74) is -0.0635. The summed E-state index contributed by atoms with van der Waals surface area (Å²) in [4.78, 5) is 11.7. The van der Waals surface area contributed by atoms with E-state index >= 15 is 0 Å². The van der Waals surface area contributed by atoms with E-state index in [1.165, 1.54) is 0 Å². The van der Waals surface area contributed by atoms with Crippen LogP contribution in [0.3, 0.4) is 0 Å². The Bertz CT molecular complexity index is 577. The highest BCUT2D eigenvalue weighted by Gasteiger charge is 2.10. The highest BCUT2D eigenvalue weighted by Crippen LogP contribution is 2.16. The van der Waals surface area contributed by atoms with Gasteiger partial charge < -0.3 is 4.74 Å². The van der Waals surface area contributed by atoms with Crippen molar-refractivity contribution in [2.45, 2.75) is 0 Å². The van der Waals surface area contributed by atoms with Crippen LogP contribution >= 0.6 is 11.6 Å². The minimum atomic E-state index is -0.796. The van der Waals surface area contributed by atoms with Crippen molar-refractivity contribution in [1.29, 1.82) is 0 Å². The van der Waals surface area contributed by atoms with Crippen LogP contribution in [-0.2, 0) is 0 Å². The van der Waals surface area contributed by atoms with Crippen LogP contribution in [0.4, 0.5) is 8.78 Å². The second-order valence-electron chi connectivity index (χ2n) is 3.82. The van der Waals surface area contributed by atoms with Crippen LogP contribution in [0.1, 0.15) is 10.4 Å². The van der Waals surface area contributed by atoms with Crippen molar-refractivity contribution in [2.75, 3.05) is 6.61 Å². The molecule has 2 aromatic rings. The Morgan fingerprint density at radius 1 is 1.05 bits per heavy atom. The summed E-state index contributed by atoms with van der Waals surface area (Å²) in [5.74, 6) is -1.65. The lowest BCUT2D eigenvalue weighted by atomic mass is 10.1. The first-order chi connectivity index (χ1) is 9.04. The minimum absolute atomic E-state index is 0.0635. The van der Waals surface area contributed by atoms with Gasteiger partial charge in [0.2, 0.25) is 0 Å². The molecule has 0 aliphatic heterocycles. The minimum Gasteiger partial charge on any atom is -0.485 e. The predicted molar refractivity (Wildman–Crippen MR) is 67.6 cm³/mol. The molecule has 0 fully saturated rings. The van der Waals surface area contributed by atoms with Gasteiger partial charge in [-0.15, -0.1) is 0 Å². The van der Waals surface area contributed by atoms with Crippen molar-refractivity contribution in [3.63, 3.8) is 0 Å². The van der Waals surface area contributed by atoms with Crippen LogP contribution in [-0.4, -0.2) is 12.4 Å². The Morgan fingerprint density at radius 3 is 2.21 bits per heavy atom. The van der Waals surface area contributed by atoms with Crippen molar-refractivity contribution in [3.05, 3.63) is 64.7 Å². The number of carbonyl (C=O) groups is 1. The molecule has 0 saturated heterocycles. The largest absolute Gasteiger partial charge is 0.485 e. The van der Waals surface area contributed by atoms with Crippen LogP contribution in [0, 0.1) is 11.6 Å². The maximum Gasteiger partial charge on any atom is 0.200 e. The molecular formula is C14H9ClF2O2. The lowest BCUT2D eigenvalue weighted by Gasteiger charge is -2.06. The first-order valence-corrected chi connectivity index (χ1v) is 5.80. The second kappa shape index (κ2) is 5.80. The molecule has 0 aliphatic carbocycles. The normalized spacial score (nSPS) is 10.3. The van der Waals surface area contributed by atoms with Gasteiger partial charge in [-0.05, 0) is 36.4 Å². The van der Waals surface area contributed by atoms with Gasteiger partial charge in [-0.1, -0.05) is 11.6 Å². The van der Waals surface area contributed by atoms with E-state index in [1.54, 1.807) is 24.3 Å². The maximum atomic E-state index is 12.9. The number of halogens is 3. The molecule has 0 unspecified atom stereocenters. The molecule has 19 heavy (non-hydrogen) atoms. The van der Waals surface area contributed by atoms with E-state index in [9.17, 15) is 13.6 Å². The van der Waals surface area contributed by atoms with Gasteiger partial charge in [0.15, 0.2) is 12.4 Å². The zero-order chi connectivity index (χ0) is 13.8. The smallest absolute Gasteiger partial charge is 0.200 e. The first kappa shape index (κ1) is 13.5. The second-order valence-corrected chi connectivity index (χ2v) is 4.26. The molecular weight excluding hydrogens is 274 g/mol. The van der Waals surface area contributed by atoms with E-state index in [1.807, 2.05) is 0 Å². The van der Waals surface area contributed by atoms with Crippen molar-refractivity contribution in [3.8, 4) is 5.75 Å². The van der Waals surface area contributed by atoms with Gasteiger partial charge in [0.1, 0.15) is 17.4 Å². The zero-order valence-electron chi connectivity index (χ0n) is 9.70. The molecule has 0 heterocycles. The Labute approximate surface area is 113 Å². The molecule has 0 aromatic heterocycles. The van der Waals surface area contributed by atoms with Crippen LogP contribution in [0.15, 0.2) is 42.5 Å². The third-order valence-corrected chi connectivity index (χ3v) is 2.62. The molecule has 98 valence electrons. The highest BCUT2D eigenvalue weighted by atomic mass is 35.5. The van der Waals surface area contributed by atoms with Crippen LogP contribution in [0.2, 0.25) is 5.02 Å². The third kappa shape index (κ3) is 3.76. The van der Waals surface area contributed by atoms with Gasteiger partial charge in [-0.25, -0.2) is 8.78 Å². The molecule has 0 atom stereocenters. The van der Waals surface area contributed by atoms with Crippen LogP contribution in [0.5, 0.6) is 5.75 Å². The van der Waals surface area contributed by atoms with Gasteiger partial charge in [0.25, 0.3) is 0 Å². The molecule has 5 heteroatoms. The Hall–Kier alpha value is -1.94. The van der Waals surface area contributed by atoms with Gasteiger partial charge in [-0.2, -0.15) is 0 Å². The molecule has 0 bridgehead atoms. The lowest BCUT2D eigenvalue weighted by molar-refractivity contribution is 0.0920. The van der Waals surface area contributed by atoms with Crippen molar-refractivity contribution >= 4 is 17.4 Å². The molecule has 2 nitrogen and oxygen atoms in total. The Morgan fingerprint density at radius 2 is 1.63 bits per heavy atom. The van der Waals surface area contributed by atoms with E-state index in [-0.39, 0.29) is 12.2 Å². The first-order valence-electron chi connectivity index (χ1n) is 5.42. The van der Waals surface area contributed by atoms with Gasteiger partial charge in [-0.3, -0.25) is 4.79 Å². The number of ketones is 1. The summed E-state index contributed by atoms with van der Waals surface area (Å²) >= 11 is 5.70. The summed E-state index contributed by atoms with van der Waals surface area (Å²) in [6.45, 7) is -0.301. The molecule has 0 N–H and O–H groups in total. The monoisotopic (exact) mass is 282 g/mol. The molecule has 0 spiro atoms. The van der Waals surface area contributed by atoms with Gasteiger partial charge >= 0.3 is 0 Å². The summed E-state index contributed by atoms with van der Waals surface area (Å²) in [7, 11) is 0. The zero-order valence-corrected chi connectivity index (χ0v) is 10.5. The number of benzene rings is 2. The molecule has 0 radical (unpaired) electrons. The number of hydrogen-bond acceptors (Lipinski definition) is 2. The highest BCUT2D eigenvalue weighted by molar-refractivity contribution is 6.30. The number of rotatable bonds is 4. The van der Waals surface area contributed by atoms with Crippen molar-refractivity contribution in [2.24, 2.45) is 0 Å². The number of carbonyl (C=O) groups excluding carboxylic acids is 1. The molecule has 0 amide bonds. The quantitative estimate of drug-likeness (QED) is 0.796. The third-order valence-electron chi connectivity index (χ3n) is 2.37. The maximum absolute atomic E-state index is 12.9. The van der Waals surface area contributed by atoms with E-state index in [2.05, 4.69) is 0 Å². The number of ether oxygens (including phenoxy) is 1. The van der Waals surface area contributed by atoms with E-state index in [4.69, 9.17) is 16.3 Å². The van der Waals surface area contributed by atoms with Crippen molar-refractivity contribution < 1.29 is 18.3 Å². The van der Waals surface area contributed by atoms with Crippen molar-refractivity contribution in [1.82, 2.24) is 0 Å². The molecule has 0 aliphatic rings. The SMILES string of the molecule is O=C(COc1ccc(Cl)cc1)c1cc(F)cc(F)c1. The standard InChI is InChI=1S/C14H9ClF2O2/c15-10-1-3-13(4-2-10)19-8-14(18)9-5-11(16)7-12(17)6-9/h1-7H,8H2. The Kier molecular flexibility index (Phi) is 4.12. The summed E-state index contributed by atoms with van der Waals surface area (Å²) in [6.07, 6.45) is 0. The predicted octanol–water partition coefficient (Wildman–Crippen LogP) is 3.88. The van der Waals surface area contributed by atoms with Gasteiger partial charge in [0, 0.05) is 16.7 Å². The fourth-order valence-electron chi connectivity index (χ4n) is 1.48. The molecule has 0 saturated carbocycles. The van der Waals surface area contributed by atoms with E-state index in [0.29, 0.717) is 16.8 Å². The average molecular weight is 283 g/mol. The fraction of sp³-hybridized carbons (Fsp3) is 0.0714. The summed E-state index contributed by atoms with van der Waals surface area (Å²) in [5, 5.41) is 0.547. The lowest BCUT2D eigenvalue weighted by Crippen LogP contribution is -2.12. The van der Waals surface area contributed by atoms with Gasteiger partial charge in [0.05, 0.1) is 0 Å². The number of hydrogen-bond donors (Lipinski definition) is 0. The molecule has 2 aromatic carbocycles. The van der Waals surface area contributed by atoms with Crippen LogP contribution in [0.25, 0.3) is 0 Å². The molecule has 2 rings (SSSR count).